The first-order valence-electron chi connectivity index (χ1n) is 11.6. The van der Waals surface area contributed by atoms with Crippen molar-refractivity contribution in [2.75, 3.05) is 10.7 Å². The van der Waals surface area contributed by atoms with Crippen molar-refractivity contribution in [2.45, 2.75) is 51.4 Å². The standard InChI is InChI=1S/C25H25F3N6O2/c1-14-13-29-23(32-22(14)33-34-20-8-3-4-9-21(20)36-24(34)35)31-19-11-16(10-17(12-19)25(26,27)28)15(2)30-18-6-5-7-18/h3-4,8-13,15,18,30H,5-7H2,1-2H3,(H2,29,31,32,33). The smallest absolute Gasteiger partial charge is 0.406 e. The second-order valence-corrected chi connectivity index (χ2v) is 8.99. The quantitative estimate of drug-likeness (QED) is 0.308. The minimum atomic E-state index is -4.51. The maximum absolute atomic E-state index is 13.7. The zero-order valence-electron chi connectivity index (χ0n) is 19.7. The van der Waals surface area contributed by atoms with Crippen molar-refractivity contribution < 1.29 is 17.6 Å². The Bertz CT molecular complexity index is 1460. The van der Waals surface area contributed by atoms with Gasteiger partial charge in [-0.25, -0.2) is 9.78 Å². The van der Waals surface area contributed by atoms with Gasteiger partial charge in [-0.3, -0.25) is 5.43 Å². The summed E-state index contributed by atoms with van der Waals surface area (Å²) in [6.45, 7) is 3.60. The van der Waals surface area contributed by atoms with Gasteiger partial charge in [0.2, 0.25) is 5.95 Å². The summed E-state index contributed by atoms with van der Waals surface area (Å²) in [7, 11) is 0. The summed E-state index contributed by atoms with van der Waals surface area (Å²) < 4.78 is 47.4. The van der Waals surface area contributed by atoms with Gasteiger partial charge in [0.25, 0.3) is 0 Å². The summed E-state index contributed by atoms with van der Waals surface area (Å²) in [4.78, 5) is 20.9. The number of hydrogen-bond donors (Lipinski definition) is 3. The van der Waals surface area contributed by atoms with Gasteiger partial charge in [0, 0.05) is 29.5 Å². The van der Waals surface area contributed by atoms with E-state index >= 15 is 0 Å². The third kappa shape index (κ3) is 4.92. The lowest BCUT2D eigenvalue weighted by molar-refractivity contribution is -0.137. The molecule has 1 aliphatic rings. The number of rotatable bonds is 7. The van der Waals surface area contributed by atoms with Crippen molar-refractivity contribution in [2.24, 2.45) is 0 Å². The fourth-order valence-electron chi connectivity index (χ4n) is 4.08. The summed E-state index contributed by atoms with van der Waals surface area (Å²) in [5.41, 5.74) is 4.44. The van der Waals surface area contributed by atoms with Gasteiger partial charge >= 0.3 is 11.9 Å². The van der Waals surface area contributed by atoms with Crippen LogP contribution in [0.3, 0.4) is 0 Å². The third-order valence-corrected chi connectivity index (χ3v) is 6.31. The number of benzene rings is 2. The minimum absolute atomic E-state index is 0.0776. The molecule has 0 amide bonds. The second-order valence-electron chi connectivity index (χ2n) is 8.99. The number of fused-ring (bicyclic) bond motifs is 1. The molecular formula is C25H25F3N6O2. The molecule has 1 unspecified atom stereocenters. The normalized spacial score (nSPS) is 15.0. The fraction of sp³-hybridized carbons (Fsp3) is 0.320. The van der Waals surface area contributed by atoms with Crippen LogP contribution in [-0.4, -0.2) is 20.7 Å². The molecule has 0 spiro atoms. The van der Waals surface area contributed by atoms with Gasteiger partial charge in [0.05, 0.1) is 5.56 Å². The molecule has 36 heavy (non-hydrogen) atoms. The molecule has 1 fully saturated rings. The highest BCUT2D eigenvalue weighted by Crippen LogP contribution is 2.34. The lowest BCUT2D eigenvalue weighted by atomic mass is 9.91. The molecule has 2 heterocycles. The number of aryl methyl sites for hydroxylation is 1. The first-order chi connectivity index (χ1) is 17.2. The topological polar surface area (TPSA) is 97.0 Å². The Morgan fingerprint density at radius 1 is 1.17 bits per heavy atom. The zero-order valence-corrected chi connectivity index (χ0v) is 19.7. The Morgan fingerprint density at radius 3 is 2.67 bits per heavy atom. The molecule has 0 radical (unpaired) electrons. The van der Waals surface area contributed by atoms with Crippen molar-refractivity contribution in [1.82, 2.24) is 20.0 Å². The van der Waals surface area contributed by atoms with Crippen LogP contribution in [0.15, 0.2) is 57.9 Å². The Hall–Kier alpha value is -3.86. The van der Waals surface area contributed by atoms with Crippen molar-refractivity contribution in [3.05, 3.63) is 75.9 Å². The fourth-order valence-corrected chi connectivity index (χ4v) is 4.08. The molecule has 0 aliphatic heterocycles. The highest BCUT2D eigenvalue weighted by Gasteiger charge is 2.32. The van der Waals surface area contributed by atoms with Gasteiger partial charge in [-0.1, -0.05) is 18.6 Å². The van der Waals surface area contributed by atoms with E-state index in [2.05, 4.69) is 26.0 Å². The van der Waals surface area contributed by atoms with Gasteiger partial charge in [0.15, 0.2) is 11.4 Å². The lowest BCUT2D eigenvalue weighted by Gasteiger charge is -2.30. The molecule has 3 N–H and O–H groups in total. The number of oxazole rings is 1. The number of hydrogen-bond acceptors (Lipinski definition) is 7. The van der Waals surface area contributed by atoms with E-state index in [1.807, 2.05) is 6.92 Å². The molecule has 11 heteroatoms. The molecule has 8 nitrogen and oxygen atoms in total. The molecule has 5 rings (SSSR count). The number of halogens is 3. The molecule has 0 saturated heterocycles. The molecule has 1 aliphatic carbocycles. The second kappa shape index (κ2) is 9.30. The number of nitrogens with one attached hydrogen (secondary N) is 3. The van der Waals surface area contributed by atoms with Crippen molar-refractivity contribution in [3.63, 3.8) is 0 Å². The first-order valence-corrected chi connectivity index (χ1v) is 11.6. The van der Waals surface area contributed by atoms with Gasteiger partial charge in [-0.2, -0.15) is 22.8 Å². The first kappa shape index (κ1) is 23.9. The number of anilines is 3. The van der Waals surface area contributed by atoms with Gasteiger partial charge in [-0.05, 0) is 62.6 Å². The predicted molar refractivity (Wildman–Crippen MR) is 130 cm³/mol. The maximum Gasteiger partial charge on any atom is 0.439 e. The third-order valence-electron chi connectivity index (χ3n) is 6.31. The van der Waals surface area contributed by atoms with Crippen LogP contribution in [-0.2, 0) is 6.18 Å². The summed E-state index contributed by atoms with van der Waals surface area (Å²) in [6.07, 6.45) is 0.182. The van der Waals surface area contributed by atoms with Crippen molar-refractivity contribution in [3.8, 4) is 0 Å². The number of nitrogens with zero attached hydrogens (tertiary/aromatic N) is 3. The molecule has 2 aromatic carbocycles. The van der Waals surface area contributed by atoms with Crippen LogP contribution in [0.25, 0.3) is 11.1 Å². The molecule has 4 aromatic rings. The van der Waals surface area contributed by atoms with Crippen LogP contribution in [0.1, 0.15) is 48.9 Å². The monoisotopic (exact) mass is 498 g/mol. The average molecular weight is 499 g/mol. The van der Waals surface area contributed by atoms with E-state index in [9.17, 15) is 18.0 Å². The molecule has 0 bridgehead atoms. The van der Waals surface area contributed by atoms with Gasteiger partial charge in [0.1, 0.15) is 5.52 Å². The highest BCUT2D eigenvalue weighted by molar-refractivity contribution is 5.73. The molecule has 1 saturated carbocycles. The molecule has 1 atom stereocenters. The van der Waals surface area contributed by atoms with Crippen LogP contribution in [0, 0.1) is 6.92 Å². The summed E-state index contributed by atoms with van der Waals surface area (Å²) in [6, 6.07) is 10.8. The van der Waals surface area contributed by atoms with Crippen LogP contribution < -0.4 is 21.8 Å². The van der Waals surface area contributed by atoms with Crippen molar-refractivity contribution >= 4 is 28.6 Å². The Kier molecular flexibility index (Phi) is 6.17. The maximum atomic E-state index is 13.7. The number of aromatic nitrogens is 3. The van der Waals surface area contributed by atoms with Crippen LogP contribution >= 0.6 is 0 Å². The van der Waals surface area contributed by atoms with E-state index in [4.69, 9.17) is 4.42 Å². The Morgan fingerprint density at radius 2 is 1.94 bits per heavy atom. The molecular weight excluding hydrogens is 473 g/mol. The van der Waals surface area contributed by atoms with E-state index in [-0.39, 0.29) is 17.7 Å². The molecule has 2 aromatic heterocycles. The zero-order chi connectivity index (χ0) is 25.4. The van der Waals surface area contributed by atoms with E-state index in [1.54, 1.807) is 37.3 Å². The lowest BCUT2D eigenvalue weighted by Crippen LogP contribution is -2.36. The predicted octanol–water partition coefficient (Wildman–Crippen LogP) is 5.53. The summed E-state index contributed by atoms with van der Waals surface area (Å²) >= 11 is 0. The number of alkyl halides is 3. The largest absolute Gasteiger partial charge is 0.439 e. The van der Waals surface area contributed by atoms with Crippen molar-refractivity contribution in [1.29, 1.82) is 0 Å². The van der Waals surface area contributed by atoms with E-state index < -0.39 is 17.5 Å². The highest BCUT2D eigenvalue weighted by atomic mass is 19.4. The summed E-state index contributed by atoms with van der Waals surface area (Å²) in [5.74, 6) is -0.249. The SMILES string of the molecule is Cc1cnc(Nc2cc(C(C)NC3CCC3)cc(C(F)(F)F)c2)nc1Nn1c(=O)oc2ccccc21. The molecule has 188 valence electrons. The Labute approximate surface area is 204 Å². The number of para-hydroxylation sites is 2. The average Bonchev–Trinajstić information content (AvgIpc) is 3.12. The Balaban J connectivity index is 1.44. The van der Waals surface area contributed by atoms with Gasteiger partial charge in [-0.15, -0.1) is 0 Å². The summed E-state index contributed by atoms with van der Waals surface area (Å²) in [5, 5.41) is 6.28. The van der Waals surface area contributed by atoms with Crippen LogP contribution in [0.4, 0.5) is 30.6 Å². The van der Waals surface area contributed by atoms with Gasteiger partial charge < -0.3 is 15.1 Å². The van der Waals surface area contributed by atoms with Crippen LogP contribution in [0.2, 0.25) is 0 Å². The minimum Gasteiger partial charge on any atom is -0.406 e. The van der Waals surface area contributed by atoms with E-state index in [0.29, 0.717) is 34.1 Å². The van der Waals surface area contributed by atoms with E-state index in [1.165, 1.54) is 16.9 Å². The van der Waals surface area contributed by atoms with Crippen LogP contribution in [0.5, 0.6) is 0 Å². The van der Waals surface area contributed by atoms with E-state index in [0.717, 1.165) is 25.3 Å².